The number of methoxy groups -OCH3 is 1. The number of likely N-dealkylation sites (tertiary alicyclic amines) is 1. The van der Waals surface area contributed by atoms with E-state index < -0.39 is 12.1 Å². The number of nitrogens with two attached hydrogens (primary N) is 1. The lowest BCUT2D eigenvalue weighted by Crippen LogP contribution is -2.70. The van der Waals surface area contributed by atoms with E-state index in [9.17, 15) is 14.7 Å². The molecular formula is C11H19N3O4S. The number of carbonyl (C=O) groups excluding carboxylic acids is 2. The van der Waals surface area contributed by atoms with E-state index in [2.05, 4.69) is 5.32 Å². The van der Waals surface area contributed by atoms with Gasteiger partial charge in [-0.3, -0.25) is 14.9 Å². The average Bonchev–Trinajstić information content (AvgIpc) is 2.79. The Balaban J connectivity index is 1.86. The first-order valence-corrected chi connectivity index (χ1v) is 7.09. The molecule has 0 bridgehead atoms. The number of aliphatic hydroxyl groups is 1. The van der Waals surface area contributed by atoms with E-state index in [-0.39, 0.29) is 22.8 Å². The third-order valence-electron chi connectivity index (χ3n) is 3.46. The highest BCUT2D eigenvalue weighted by Gasteiger charge is 2.52. The van der Waals surface area contributed by atoms with Crippen molar-refractivity contribution in [2.24, 2.45) is 5.73 Å². The number of amides is 1. The Labute approximate surface area is 115 Å². The van der Waals surface area contributed by atoms with Gasteiger partial charge in [0, 0.05) is 5.75 Å². The fourth-order valence-electron chi connectivity index (χ4n) is 2.24. The van der Waals surface area contributed by atoms with Gasteiger partial charge in [-0.05, 0) is 6.92 Å². The Morgan fingerprint density at radius 3 is 2.74 bits per heavy atom. The predicted octanol–water partition coefficient (Wildman–Crippen LogP) is -1.89. The highest BCUT2D eigenvalue weighted by molar-refractivity contribution is 8.01. The second-order valence-electron chi connectivity index (χ2n) is 4.99. The van der Waals surface area contributed by atoms with Crippen LogP contribution in [0.5, 0.6) is 0 Å². The molecule has 0 aromatic heterocycles. The van der Waals surface area contributed by atoms with Crippen molar-refractivity contribution in [1.82, 2.24) is 10.2 Å². The first-order chi connectivity index (χ1) is 8.88. The second-order valence-corrected chi connectivity index (χ2v) is 6.39. The van der Waals surface area contributed by atoms with Crippen LogP contribution in [0.15, 0.2) is 0 Å². The van der Waals surface area contributed by atoms with Crippen LogP contribution in [0.1, 0.15) is 6.92 Å². The second kappa shape index (κ2) is 5.28. The van der Waals surface area contributed by atoms with Crippen molar-refractivity contribution in [2.75, 3.05) is 26.0 Å². The van der Waals surface area contributed by atoms with Crippen molar-refractivity contribution in [2.45, 2.75) is 30.0 Å². The van der Waals surface area contributed by atoms with Crippen LogP contribution in [0.4, 0.5) is 0 Å². The molecule has 108 valence electrons. The fourth-order valence-corrected chi connectivity index (χ4v) is 3.66. The minimum atomic E-state index is -0.889. The molecule has 2 fully saturated rings. The van der Waals surface area contributed by atoms with Gasteiger partial charge in [0.25, 0.3) is 0 Å². The number of hydrogen-bond donors (Lipinski definition) is 3. The van der Waals surface area contributed by atoms with Gasteiger partial charge in [0.05, 0.1) is 26.3 Å². The Morgan fingerprint density at radius 1 is 1.58 bits per heavy atom. The molecule has 19 heavy (non-hydrogen) atoms. The fraction of sp³-hybridized carbons (Fsp3) is 0.818. The van der Waals surface area contributed by atoms with Gasteiger partial charge in [-0.15, -0.1) is 11.8 Å². The number of thioether (sulfide) groups is 1. The first kappa shape index (κ1) is 14.6. The molecular weight excluding hydrogens is 270 g/mol. The molecule has 0 saturated carbocycles. The third kappa shape index (κ3) is 2.71. The van der Waals surface area contributed by atoms with Crippen LogP contribution in [-0.4, -0.2) is 70.9 Å². The SMILES string of the molecule is COC(=O)[C@@H]1CSC2(CN(C(=O)[C@@H](N)[C@@H](C)O)C2)N1. The molecule has 2 aliphatic heterocycles. The predicted molar refractivity (Wildman–Crippen MR) is 70.4 cm³/mol. The van der Waals surface area contributed by atoms with Crippen LogP contribution < -0.4 is 11.1 Å². The molecule has 1 spiro atoms. The van der Waals surface area contributed by atoms with E-state index in [1.54, 1.807) is 16.7 Å². The number of carbonyl (C=O) groups is 2. The molecule has 7 nitrogen and oxygen atoms in total. The quantitative estimate of drug-likeness (QED) is 0.522. The zero-order valence-corrected chi connectivity index (χ0v) is 11.8. The van der Waals surface area contributed by atoms with Gasteiger partial charge in [0.2, 0.25) is 5.91 Å². The summed E-state index contributed by atoms with van der Waals surface area (Å²) in [6.07, 6.45) is -0.865. The summed E-state index contributed by atoms with van der Waals surface area (Å²) < 4.78 is 4.69. The maximum Gasteiger partial charge on any atom is 0.323 e. The van der Waals surface area contributed by atoms with E-state index in [1.165, 1.54) is 14.0 Å². The van der Waals surface area contributed by atoms with E-state index >= 15 is 0 Å². The molecule has 0 aromatic rings. The van der Waals surface area contributed by atoms with Gasteiger partial charge >= 0.3 is 5.97 Å². The van der Waals surface area contributed by atoms with Crippen molar-refractivity contribution in [1.29, 1.82) is 0 Å². The first-order valence-electron chi connectivity index (χ1n) is 6.10. The van der Waals surface area contributed by atoms with E-state index in [4.69, 9.17) is 10.5 Å². The minimum absolute atomic E-state index is 0.260. The van der Waals surface area contributed by atoms with Crippen LogP contribution in [-0.2, 0) is 14.3 Å². The van der Waals surface area contributed by atoms with Gasteiger partial charge < -0.3 is 20.5 Å². The molecule has 1 amide bonds. The molecule has 2 aliphatic rings. The number of nitrogens with one attached hydrogen (secondary N) is 1. The van der Waals surface area contributed by atoms with Gasteiger partial charge in [-0.25, -0.2) is 0 Å². The maximum absolute atomic E-state index is 11.9. The lowest BCUT2D eigenvalue weighted by molar-refractivity contribution is -0.144. The molecule has 2 saturated heterocycles. The van der Waals surface area contributed by atoms with Crippen LogP contribution in [0.2, 0.25) is 0 Å². The molecule has 8 heteroatoms. The lowest BCUT2D eigenvalue weighted by Gasteiger charge is -2.48. The molecule has 4 N–H and O–H groups in total. The van der Waals surface area contributed by atoms with Crippen molar-refractivity contribution in [3.63, 3.8) is 0 Å². The van der Waals surface area contributed by atoms with Crippen molar-refractivity contribution in [3.8, 4) is 0 Å². The highest BCUT2D eigenvalue weighted by atomic mass is 32.2. The summed E-state index contributed by atoms with van der Waals surface area (Å²) in [5.41, 5.74) is 5.61. The summed E-state index contributed by atoms with van der Waals surface area (Å²) in [6, 6.07) is -1.21. The monoisotopic (exact) mass is 289 g/mol. The van der Waals surface area contributed by atoms with Crippen LogP contribution in [0, 0.1) is 0 Å². The molecule has 2 heterocycles. The van der Waals surface area contributed by atoms with Crippen LogP contribution >= 0.6 is 11.8 Å². The number of esters is 1. The van der Waals surface area contributed by atoms with Gasteiger partial charge in [0.1, 0.15) is 17.0 Å². The number of aliphatic hydroxyl groups excluding tert-OH is 1. The normalized spacial score (nSPS) is 27.8. The summed E-state index contributed by atoms with van der Waals surface area (Å²) in [5, 5.41) is 12.5. The molecule has 0 aromatic carbocycles. The van der Waals surface area contributed by atoms with Crippen molar-refractivity contribution >= 4 is 23.6 Å². The standard InChI is InChI=1S/C11H19N3O4S/c1-6(15)8(12)9(16)14-4-11(5-14)13-7(3-19-11)10(17)18-2/h6-8,13,15H,3-5,12H2,1-2H3/t6-,7+,8+/m1/s1. The van der Waals surface area contributed by atoms with E-state index in [0.29, 0.717) is 18.8 Å². The summed E-state index contributed by atoms with van der Waals surface area (Å²) in [5.74, 6) is 0.0938. The molecule has 0 radical (unpaired) electrons. The summed E-state index contributed by atoms with van der Waals surface area (Å²) in [7, 11) is 1.36. The minimum Gasteiger partial charge on any atom is -0.468 e. The number of nitrogens with zero attached hydrogens (tertiary/aromatic N) is 1. The van der Waals surface area contributed by atoms with Gasteiger partial charge in [-0.2, -0.15) is 0 Å². The Bertz CT molecular complexity index is 384. The van der Waals surface area contributed by atoms with Crippen LogP contribution in [0.25, 0.3) is 0 Å². The topological polar surface area (TPSA) is 105 Å². The van der Waals surface area contributed by atoms with Crippen LogP contribution in [0.3, 0.4) is 0 Å². The number of rotatable bonds is 3. The maximum atomic E-state index is 11.9. The number of hydrogen-bond acceptors (Lipinski definition) is 7. The lowest BCUT2D eigenvalue weighted by atomic mass is 10.0. The van der Waals surface area contributed by atoms with Crippen molar-refractivity contribution < 1.29 is 19.4 Å². The van der Waals surface area contributed by atoms with E-state index in [1.807, 2.05) is 0 Å². The average molecular weight is 289 g/mol. The largest absolute Gasteiger partial charge is 0.468 e. The zero-order valence-electron chi connectivity index (χ0n) is 11.0. The molecule has 3 atom stereocenters. The Morgan fingerprint density at radius 2 is 2.21 bits per heavy atom. The number of ether oxygens (including phenoxy) is 1. The Hall–Kier alpha value is -0.830. The van der Waals surface area contributed by atoms with Gasteiger partial charge in [-0.1, -0.05) is 0 Å². The smallest absolute Gasteiger partial charge is 0.323 e. The summed E-state index contributed by atoms with van der Waals surface area (Å²) in [4.78, 5) is 24.6. The molecule has 2 rings (SSSR count). The molecule has 0 unspecified atom stereocenters. The zero-order chi connectivity index (χ0) is 14.2. The third-order valence-corrected chi connectivity index (χ3v) is 4.89. The van der Waals surface area contributed by atoms with E-state index in [0.717, 1.165) is 0 Å². The van der Waals surface area contributed by atoms with Crippen molar-refractivity contribution in [3.05, 3.63) is 0 Å². The van der Waals surface area contributed by atoms with Gasteiger partial charge in [0.15, 0.2) is 0 Å². The summed E-state index contributed by atoms with van der Waals surface area (Å²) in [6.45, 7) is 2.48. The molecule has 0 aliphatic carbocycles. The Kier molecular flexibility index (Phi) is 4.05. The summed E-state index contributed by atoms with van der Waals surface area (Å²) >= 11 is 1.62. The highest BCUT2D eigenvalue weighted by Crippen LogP contribution is 2.38.